The van der Waals surface area contributed by atoms with Crippen LogP contribution in [0.5, 0.6) is 0 Å². The Labute approximate surface area is 98.6 Å². The van der Waals surface area contributed by atoms with Crippen LogP contribution in [0.15, 0.2) is 18.2 Å². The van der Waals surface area contributed by atoms with E-state index in [0.717, 1.165) is 5.69 Å². The summed E-state index contributed by atoms with van der Waals surface area (Å²) in [5.74, 6) is 0.359. The van der Waals surface area contributed by atoms with Crippen molar-refractivity contribution in [2.24, 2.45) is 0 Å². The Bertz CT molecular complexity index is 352. The maximum atomic E-state index is 12.3. The summed E-state index contributed by atoms with van der Waals surface area (Å²) in [7, 11) is 1.77. The quantitative estimate of drug-likeness (QED) is 0.864. The summed E-state index contributed by atoms with van der Waals surface area (Å²) < 4.78 is 37.0. The zero-order chi connectivity index (χ0) is 12.9. The monoisotopic (exact) mass is 247 g/mol. The predicted molar refractivity (Wildman–Crippen MR) is 60.9 cm³/mol. The first-order valence-electron chi connectivity index (χ1n) is 5.38. The van der Waals surface area contributed by atoms with E-state index in [0.29, 0.717) is 12.4 Å². The number of hydrogen-bond acceptors (Lipinski definition) is 3. The van der Waals surface area contributed by atoms with E-state index in [1.54, 1.807) is 32.2 Å². The Balaban J connectivity index is 2.84. The fraction of sp³-hybridized carbons (Fsp3) is 0.545. The highest BCUT2D eigenvalue weighted by Crippen LogP contribution is 2.20. The van der Waals surface area contributed by atoms with Crippen molar-refractivity contribution < 1.29 is 13.2 Å². The summed E-state index contributed by atoms with van der Waals surface area (Å²) in [6, 6.07) is 5.09. The number of nitrogens with zero attached hydrogens (tertiary/aromatic N) is 2. The molecule has 1 aromatic rings. The van der Waals surface area contributed by atoms with Gasteiger partial charge in [0.2, 0.25) is 0 Å². The fourth-order valence-corrected chi connectivity index (χ4v) is 1.49. The Kier molecular flexibility index (Phi) is 4.74. The molecule has 17 heavy (non-hydrogen) atoms. The van der Waals surface area contributed by atoms with E-state index in [9.17, 15) is 13.2 Å². The number of aromatic nitrogens is 1. The predicted octanol–water partition coefficient (Wildman–Crippen LogP) is 2.19. The minimum atomic E-state index is -4.21. The smallest absolute Gasteiger partial charge is 0.348 e. The molecule has 0 saturated carbocycles. The summed E-state index contributed by atoms with van der Waals surface area (Å²) in [6.07, 6.45) is -4.21. The van der Waals surface area contributed by atoms with Crippen molar-refractivity contribution in [3.8, 4) is 0 Å². The summed E-state index contributed by atoms with van der Waals surface area (Å²) in [5.41, 5.74) is 0.727. The number of pyridine rings is 1. The van der Waals surface area contributed by atoms with Gasteiger partial charge in [0.05, 0.1) is 5.69 Å². The van der Waals surface area contributed by atoms with Gasteiger partial charge in [0.15, 0.2) is 0 Å². The first-order valence-corrected chi connectivity index (χ1v) is 5.38. The molecule has 0 aliphatic carbocycles. The second-order valence-corrected chi connectivity index (χ2v) is 3.65. The molecule has 0 aliphatic heterocycles. The molecule has 0 fully saturated rings. The highest BCUT2D eigenvalue weighted by molar-refractivity contribution is 5.39. The molecule has 0 radical (unpaired) electrons. The molecule has 3 nitrogen and oxygen atoms in total. The third-order valence-electron chi connectivity index (χ3n) is 2.23. The van der Waals surface area contributed by atoms with Crippen LogP contribution in [0.4, 0.5) is 19.0 Å². The SMILES string of the molecule is CCN(CC(F)(F)F)c1cccc(CNC)n1. The minimum absolute atomic E-state index is 0.273. The van der Waals surface area contributed by atoms with Crippen molar-refractivity contribution in [2.75, 3.05) is 25.0 Å². The molecule has 1 heterocycles. The lowest BCUT2D eigenvalue weighted by molar-refractivity contribution is -0.119. The second-order valence-electron chi connectivity index (χ2n) is 3.65. The second kappa shape index (κ2) is 5.86. The highest BCUT2D eigenvalue weighted by Gasteiger charge is 2.30. The maximum Gasteiger partial charge on any atom is 0.405 e. The van der Waals surface area contributed by atoms with Crippen molar-refractivity contribution in [3.63, 3.8) is 0 Å². The van der Waals surface area contributed by atoms with Crippen LogP contribution in [-0.4, -0.2) is 31.3 Å². The summed E-state index contributed by atoms with van der Waals surface area (Å²) in [4.78, 5) is 5.39. The van der Waals surface area contributed by atoms with Crippen LogP contribution in [0.3, 0.4) is 0 Å². The molecular weight excluding hydrogens is 231 g/mol. The fourth-order valence-electron chi connectivity index (χ4n) is 1.49. The molecule has 0 aliphatic rings. The molecule has 0 amide bonds. The van der Waals surface area contributed by atoms with Gasteiger partial charge in [0.25, 0.3) is 0 Å². The highest BCUT2D eigenvalue weighted by atomic mass is 19.4. The van der Waals surface area contributed by atoms with Gasteiger partial charge in [-0.25, -0.2) is 4.98 Å². The molecule has 0 unspecified atom stereocenters. The van der Waals surface area contributed by atoms with Crippen LogP contribution < -0.4 is 10.2 Å². The van der Waals surface area contributed by atoms with Crippen molar-refractivity contribution in [1.82, 2.24) is 10.3 Å². The summed E-state index contributed by atoms with van der Waals surface area (Å²) in [6.45, 7) is 1.52. The van der Waals surface area contributed by atoms with Crippen LogP contribution in [0, 0.1) is 0 Å². The van der Waals surface area contributed by atoms with E-state index >= 15 is 0 Å². The van der Waals surface area contributed by atoms with Gasteiger partial charge in [-0.3, -0.25) is 0 Å². The van der Waals surface area contributed by atoms with E-state index in [2.05, 4.69) is 10.3 Å². The van der Waals surface area contributed by atoms with Gasteiger partial charge < -0.3 is 10.2 Å². The van der Waals surface area contributed by atoms with E-state index in [-0.39, 0.29) is 6.54 Å². The van der Waals surface area contributed by atoms with E-state index in [1.165, 1.54) is 4.90 Å². The first-order chi connectivity index (χ1) is 7.96. The molecular formula is C11H16F3N3. The van der Waals surface area contributed by atoms with Crippen molar-refractivity contribution >= 4 is 5.82 Å². The van der Waals surface area contributed by atoms with E-state index in [1.807, 2.05) is 0 Å². The molecule has 0 spiro atoms. The molecule has 1 aromatic heterocycles. The maximum absolute atomic E-state index is 12.3. The molecule has 0 saturated heterocycles. The van der Waals surface area contributed by atoms with E-state index in [4.69, 9.17) is 0 Å². The lowest BCUT2D eigenvalue weighted by Crippen LogP contribution is -2.34. The number of nitrogens with one attached hydrogen (secondary N) is 1. The van der Waals surface area contributed by atoms with Gasteiger partial charge >= 0.3 is 6.18 Å². The van der Waals surface area contributed by atoms with Gasteiger partial charge in [0.1, 0.15) is 12.4 Å². The number of hydrogen-bond donors (Lipinski definition) is 1. The number of alkyl halides is 3. The number of halogens is 3. The normalized spacial score (nSPS) is 11.6. The van der Waals surface area contributed by atoms with Gasteiger partial charge in [-0.1, -0.05) is 6.07 Å². The molecule has 0 bridgehead atoms. The molecule has 96 valence electrons. The molecule has 1 rings (SSSR count). The Hall–Kier alpha value is -1.30. The standard InChI is InChI=1S/C11H16F3N3/c1-3-17(8-11(12,13)14)10-6-4-5-9(16-10)7-15-2/h4-6,15H,3,7-8H2,1-2H3. The molecule has 0 atom stereocenters. The lowest BCUT2D eigenvalue weighted by Gasteiger charge is -2.23. The minimum Gasteiger partial charge on any atom is -0.348 e. The van der Waals surface area contributed by atoms with E-state index < -0.39 is 12.7 Å². The summed E-state index contributed by atoms with van der Waals surface area (Å²) in [5, 5.41) is 2.91. The Morgan fingerprint density at radius 2 is 2.06 bits per heavy atom. The number of rotatable bonds is 5. The Morgan fingerprint density at radius 1 is 1.35 bits per heavy atom. The summed E-state index contributed by atoms with van der Waals surface area (Å²) >= 11 is 0. The zero-order valence-electron chi connectivity index (χ0n) is 9.88. The molecule has 1 N–H and O–H groups in total. The largest absolute Gasteiger partial charge is 0.405 e. The third kappa shape index (κ3) is 4.60. The van der Waals surface area contributed by atoms with Gasteiger partial charge in [-0.2, -0.15) is 13.2 Å². The average molecular weight is 247 g/mol. The average Bonchev–Trinajstić information content (AvgIpc) is 2.25. The third-order valence-corrected chi connectivity index (χ3v) is 2.23. The van der Waals surface area contributed by atoms with Crippen LogP contribution >= 0.6 is 0 Å². The topological polar surface area (TPSA) is 28.2 Å². The van der Waals surface area contributed by atoms with Crippen LogP contribution in [-0.2, 0) is 6.54 Å². The van der Waals surface area contributed by atoms with Crippen LogP contribution in [0.2, 0.25) is 0 Å². The number of anilines is 1. The van der Waals surface area contributed by atoms with Gasteiger partial charge in [-0.15, -0.1) is 0 Å². The van der Waals surface area contributed by atoms with Crippen molar-refractivity contribution in [3.05, 3.63) is 23.9 Å². The Morgan fingerprint density at radius 3 is 2.59 bits per heavy atom. The van der Waals surface area contributed by atoms with Crippen LogP contribution in [0.1, 0.15) is 12.6 Å². The first kappa shape index (κ1) is 13.8. The van der Waals surface area contributed by atoms with Gasteiger partial charge in [-0.05, 0) is 26.1 Å². The van der Waals surface area contributed by atoms with Crippen LogP contribution in [0.25, 0.3) is 0 Å². The van der Waals surface area contributed by atoms with Gasteiger partial charge in [0, 0.05) is 13.1 Å². The van der Waals surface area contributed by atoms with Crippen molar-refractivity contribution in [1.29, 1.82) is 0 Å². The zero-order valence-corrected chi connectivity index (χ0v) is 9.88. The lowest BCUT2D eigenvalue weighted by atomic mass is 10.3. The van der Waals surface area contributed by atoms with Crippen molar-refractivity contribution in [2.45, 2.75) is 19.6 Å². The molecule has 0 aromatic carbocycles. The molecule has 6 heteroatoms.